The first kappa shape index (κ1) is 14.1. The maximum Gasteiger partial charge on any atom is 0.310 e. The number of carboxylic acids is 1. The van der Waals surface area contributed by atoms with Crippen molar-refractivity contribution in [3.05, 3.63) is 70.4 Å². The summed E-state index contributed by atoms with van der Waals surface area (Å²) in [5, 5.41) is 9.46. The van der Waals surface area contributed by atoms with Crippen molar-refractivity contribution in [3.63, 3.8) is 0 Å². The lowest BCUT2D eigenvalue weighted by molar-refractivity contribution is -0.138. The molecule has 4 heteroatoms. The first-order valence-corrected chi connectivity index (χ1v) is 6.92. The largest absolute Gasteiger partial charge is 0.481 e. The van der Waals surface area contributed by atoms with Gasteiger partial charge >= 0.3 is 5.97 Å². The summed E-state index contributed by atoms with van der Waals surface area (Å²) in [4.78, 5) is 23.4. The molecule has 1 atom stereocenters. The second-order valence-electron chi connectivity index (χ2n) is 5.16. The van der Waals surface area contributed by atoms with E-state index in [0.29, 0.717) is 22.3 Å². The van der Waals surface area contributed by atoms with E-state index >= 15 is 0 Å². The summed E-state index contributed by atoms with van der Waals surface area (Å²) in [6.45, 7) is 1.59. The third-order valence-corrected chi connectivity index (χ3v) is 3.68. The molecule has 110 valence electrons. The Kier molecular flexibility index (Phi) is 3.51. The number of carbonyl (C=O) groups is 1. The van der Waals surface area contributed by atoms with Gasteiger partial charge in [0.05, 0.1) is 11.3 Å². The van der Waals surface area contributed by atoms with E-state index in [-0.39, 0.29) is 5.43 Å². The lowest BCUT2D eigenvalue weighted by Gasteiger charge is -2.08. The van der Waals surface area contributed by atoms with Crippen LogP contribution in [0.1, 0.15) is 18.4 Å². The number of aliphatic carboxylic acids is 1. The molecular formula is C18H14O4. The Balaban J connectivity index is 2.15. The molecule has 0 fully saturated rings. The monoisotopic (exact) mass is 294 g/mol. The normalized spacial score (nSPS) is 12.2. The van der Waals surface area contributed by atoms with Gasteiger partial charge in [-0.05, 0) is 24.6 Å². The van der Waals surface area contributed by atoms with Crippen molar-refractivity contribution < 1.29 is 14.3 Å². The van der Waals surface area contributed by atoms with Crippen LogP contribution in [0.3, 0.4) is 0 Å². The second kappa shape index (κ2) is 5.48. The molecule has 22 heavy (non-hydrogen) atoms. The van der Waals surface area contributed by atoms with Gasteiger partial charge in [-0.25, -0.2) is 0 Å². The summed E-state index contributed by atoms with van der Waals surface area (Å²) in [5.74, 6) is -1.10. The van der Waals surface area contributed by atoms with Crippen molar-refractivity contribution in [2.24, 2.45) is 0 Å². The van der Waals surface area contributed by atoms with E-state index in [0.717, 1.165) is 5.56 Å². The fourth-order valence-corrected chi connectivity index (χ4v) is 2.33. The summed E-state index contributed by atoms with van der Waals surface area (Å²) in [6, 6.07) is 15.7. The molecule has 0 bridgehead atoms. The minimum atomic E-state index is -0.926. The third kappa shape index (κ3) is 2.51. The van der Waals surface area contributed by atoms with Crippen LogP contribution in [0.4, 0.5) is 0 Å². The molecule has 1 heterocycles. The Hall–Kier alpha value is -2.88. The van der Waals surface area contributed by atoms with Gasteiger partial charge in [-0.3, -0.25) is 9.59 Å². The SMILES string of the molecule is CC(C(=O)O)c1ccc2oc(-c3ccccc3)cc(=O)c2c1. The molecule has 0 aliphatic heterocycles. The van der Waals surface area contributed by atoms with E-state index in [1.807, 2.05) is 30.3 Å². The van der Waals surface area contributed by atoms with E-state index in [2.05, 4.69) is 0 Å². The van der Waals surface area contributed by atoms with E-state index in [1.165, 1.54) is 6.07 Å². The van der Waals surface area contributed by atoms with Gasteiger partial charge in [0.2, 0.25) is 0 Å². The molecule has 0 saturated heterocycles. The topological polar surface area (TPSA) is 67.5 Å². The van der Waals surface area contributed by atoms with Crippen molar-refractivity contribution in [1.82, 2.24) is 0 Å². The molecule has 4 nitrogen and oxygen atoms in total. The Bertz CT molecular complexity index is 894. The van der Waals surface area contributed by atoms with Gasteiger partial charge in [-0.15, -0.1) is 0 Å². The molecule has 1 N–H and O–H groups in total. The van der Waals surface area contributed by atoms with Gasteiger partial charge < -0.3 is 9.52 Å². The zero-order valence-corrected chi connectivity index (χ0v) is 11.9. The van der Waals surface area contributed by atoms with Crippen LogP contribution in [0.25, 0.3) is 22.3 Å². The third-order valence-electron chi connectivity index (χ3n) is 3.68. The van der Waals surface area contributed by atoms with Crippen LogP contribution >= 0.6 is 0 Å². The van der Waals surface area contributed by atoms with E-state index in [4.69, 9.17) is 9.52 Å². The number of hydrogen-bond donors (Lipinski definition) is 1. The van der Waals surface area contributed by atoms with Crippen LogP contribution in [-0.2, 0) is 4.79 Å². The van der Waals surface area contributed by atoms with Gasteiger partial charge in [0, 0.05) is 11.6 Å². The molecule has 0 amide bonds. The molecule has 0 aliphatic rings. The zero-order valence-electron chi connectivity index (χ0n) is 11.9. The lowest BCUT2D eigenvalue weighted by Crippen LogP contribution is -2.08. The van der Waals surface area contributed by atoms with E-state index in [9.17, 15) is 9.59 Å². The van der Waals surface area contributed by atoms with E-state index in [1.54, 1.807) is 25.1 Å². The van der Waals surface area contributed by atoms with Crippen molar-refractivity contribution in [1.29, 1.82) is 0 Å². The maximum atomic E-state index is 12.3. The molecule has 2 aromatic carbocycles. The van der Waals surface area contributed by atoms with Crippen LogP contribution in [0.5, 0.6) is 0 Å². The molecule has 0 spiro atoms. The minimum Gasteiger partial charge on any atom is -0.481 e. The lowest BCUT2D eigenvalue weighted by atomic mass is 9.99. The molecule has 3 rings (SSSR count). The van der Waals surface area contributed by atoms with Crippen LogP contribution in [0.2, 0.25) is 0 Å². The summed E-state index contributed by atoms with van der Waals surface area (Å²) in [7, 11) is 0. The summed E-state index contributed by atoms with van der Waals surface area (Å²) >= 11 is 0. The molecule has 0 radical (unpaired) electrons. The van der Waals surface area contributed by atoms with Gasteiger partial charge in [-0.1, -0.05) is 36.4 Å². The van der Waals surface area contributed by atoms with Crippen molar-refractivity contribution in [3.8, 4) is 11.3 Å². The zero-order chi connectivity index (χ0) is 15.7. The maximum absolute atomic E-state index is 12.3. The fourth-order valence-electron chi connectivity index (χ4n) is 2.33. The Labute approximate surface area is 126 Å². The van der Waals surface area contributed by atoms with Crippen LogP contribution in [0.15, 0.2) is 63.8 Å². The summed E-state index contributed by atoms with van der Waals surface area (Å²) in [6.07, 6.45) is 0. The number of carboxylic acid groups (broad SMARTS) is 1. The number of rotatable bonds is 3. The highest BCUT2D eigenvalue weighted by Crippen LogP contribution is 2.24. The molecular weight excluding hydrogens is 280 g/mol. The Morgan fingerprint density at radius 2 is 1.82 bits per heavy atom. The number of benzene rings is 2. The molecule has 0 saturated carbocycles. The highest BCUT2D eigenvalue weighted by atomic mass is 16.4. The predicted molar refractivity (Wildman–Crippen MR) is 84.0 cm³/mol. The standard InChI is InChI=1S/C18H14O4/c1-11(18(20)21)13-7-8-16-14(9-13)15(19)10-17(22-16)12-5-3-2-4-6-12/h2-11H,1H3,(H,20,21). The van der Waals surface area contributed by atoms with Gasteiger partial charge in [-0.2, -0.15) is 0 Å². The smallest absolute Gasteiger partial charge is 0.310 e. The average Bonchev–Trinajstić information content (AvgIpc) is 2.54. The van der Waals surface area contributed by atoms with Gasteiger partial charge in [0.1, 0.15) is 11.3 Å². The number of hydrogen-bond acceptors (Lipinski definition) is 3. The Morgan fingerprint density at radius 1 is 1.09 bits per heavy atom. The van der Waals surface area contributed by atoms with Gasteiger partial charge in [0.25, 0.3) is 0 Å². The van der Waals surface area contributed by atoms with Crippen molar-refractivity contribution >= 4 is 16.9 Å². The summed E-state index contributed by atoms with van der Waals surface area (Å²) in [5.41, 5.74) is 1.68. The molecule has 1 aromatic heterocycles. The van der Waals surface area contributed by atoms with Crippen molar-refractivity contribution in [2.45, 2.75) is 12.8 Å². The first-order valence-electron chi connectivity index (χ1n) is 6.92. The highest BCUT2D eigenvalue weighted by Gasteiger charge is 2.15. The second-order valence-corrected chi connectivity index (χ2v) is 5.16. The Morgan fingerprint density at radius 3 is 2.50 bits per heavy atom. The highest BCUT2D eigenvalue weighted by molar-refractivity contribution is 5.82. The average molecular weight is 294 g/mol. The fraction of sp³-hybridized carbons (Fsp3) is 0.111. The molecule has 1 unspecified atom stereocenters. The predicted octanol–water partition coefficient (Wildman–Crippen LogP) is 3.65. The van der Waals surface area contributed by atoms with Crippen molar-refractivity contribution in [2.75, 3.05) is 0 Å². The number of fused-ring (bicyclic) bond motifs is 1. The molecule has 3 aromatic rings. The van der Waals surface area contributed by atoms with Crippen LogP contribution < -0.4 is 5.43 Å². The van der Waals surface area contributed by atoms with Crippen LogP contribution in [-0.4, -0.2) is 11.1 Å². The van der Waals surface area contributed by atoms with Crippen LogP contribution in [0, 0.1) is 0 Å². The first-order chi connectivity index (χ1) is 10.6. The molecule has 0 aliphatic carbocycles. The van der Waals surface area contributed by atoms with E-state index < -0.39 is 11.9 Å². The minimum absolute atomic E-state index is 0.181. The van der Waals surface area contributed by atoms with Gasteiger partial charge in [0.15, 0.2) is 5.43 Å². The quantitative estimate of drug-likeness (QED) is 0.800. The summed E-state index contributed by atoms with van der Waals surface area (Å²) < 4.78 is 5.78.